The lowest BCUT2D eigenvalue weighted by Gasteiger charge is -2.28. The molecule has 17 heavy (non-hydrogen) atoms. The third-order valence-electron chi connectivity index (χ3n) is 3.15. The number of hydrogen-bond acceptors (Lipinski definition) is 3. The molecule has 1 N–H and O–H groups in total. The summed E-state index contributed by atoms with van der Waals surface area (Å²) >= 11 is 0. The molecule has 0 aliphatic heterocycles. The highest BCUT2D eigenvalue weighted by atomic mass is 19.1. The van der Waals surface area contributed by atoms with Gasteiger partial charge >= 0.3 is 0 Å². The lowest BCUT2D eigenvalue weighted by molar-refractivity contribution is -0.120. The number of ketones is 1. The van der Waals surface area contributed by atoms with Gasteiger partial charge in [0.2, 0.25) is 5.79 Å². The third kappa shape index (κ3) is 2.62. The molecule has 0 bridgehead atoms. The van der Waals surface area contributed by atoms with Gasteiger partial charge in [-0.25, -0.2) is 4.39 Å². The van der Waals surface area contributed by atoms with Crippen LogP contribution in [0.2, 0.25) is 0 Å². The molecule has 2 aliphatic rings. The predicted octanol–water partition coefficient (Wildman–Crippen LogP) is 1.88. The number of halogens is 1. The van der Waals surface area contributed by atoms with Crippen molar-refractivity contribution in [3.63, 3.8) is 0 Å². The molecule has 3 nitrogen and oxygen atoms in total. The molecule has 0 aromatic heterocycles. The molecule has 0 saturated heterocycles. The fraction of sp³-hybridized carbons (Fsp3) is 0.538. The summed E-state index contributed by atoms with van der Waals surface area (Å²) in [6.45, 7) is 1.76. The molecule has 2 aliphatic carbocycles. The second-order valence-electron chi connectivity index (χ2n) is 4.72. The van der Waals surface area contributed by atoms with Crippen molar-refractivity contribution >= 4 is 5.78 Å². The Morgan fingerprint density at radius 3 is 3.00 bits per heavy atom. The van der Waals surface area contributed by atoms with E-state index in [1.165, 1.54) is 12.2 Å². The van der Waals surface area contributed by atoms with Gasteiger partial charge in [-0.05, 0) is 25.8 Å². The average molecular weight is 234 g/mol. The Morgan fingerprint density at radius 2 is 2.41 bits per heavy atom. The average Bonchev–Trinajstić information content (AvgIpc) is 3.10. The number of alkyl halides is 1. The van der Waals surface area contributed by atoms with Crippen LogP contribution in [-0.4, -0.2) is 18.1 Å². The van der Waals surface area contributed by atoms with E-state index in [0.717, 1.165) is 18.4 Å². The first kappa shape index (κ1) is 12.0. The molecule has 4 heteroatoms. The molecule has 0 heterocycles. The molecule has 1 saturated carbocycles. The van der Waals surface area contributed by atoms with Crippen LogP contribution >= 0.6 is 0 Å². The number of Topliss-reactive ketones (excluding diaryl/α,β-unsaturated/α-hetero) is 1. The zero-order valence-electron chi connectivity index (χ0n) is 9.74. The summed E-state index contributed by atoms with van der Waals surface area (Å²) in [5.74, 6) is -2.65. The van der Waals surface area contributed by atoms with Crippen molar-refractivity contribution in [2.45, 2.75) is 25.6 Å². The first-order valence-corrected chi connectivity index (χ1v) is 5.79. The van der Waals surface area contributed by atoms with E-state index < -0.39 is 11.7 Å². The van der Waals surface area contributed by atoms with Crippen molar-refractivity contribution in [2.24, 2.45) is 11.8 Å². The van der Waals surface area contributed by atoms with Crippen molar-refractivity contribution in [1.82, 2.24) is 5.32 Å². The number of nitriles is 1. The minimum Gasteiger partial charge on any atom is -0.298 e. The van der Waals surface area contributed by atoms with E-state index in [1.807, 2.05) is 6.07 Å². The largest absolute Gasteiger partial charge is 0.298 e. The van der Waals surface area contributed by atoms with Gasteiger partial charge in [0.25, 0.3) is 0 Å². The molecule has 0 spiro atoms. The first-order chi connectivity index (χ1) is 8.05. The quantitative estimate of drug-likeness (QED) is 0.755. The number of carbonyl (C=O) groups excluding carboxylic acids is 1. The van der Waals surface area contributed by atoms with Crippen LogP contribution in [0.25, 0.3) is 0 Å². The normalized spacial score (nSPS) is 31.8. The van der Waals surface area contributed by atoms with Crippen LogP contribution in [0.15, 0.2) is 23.8 Å². The molecule has 0 aromatic carbocycles. The van der Waals surface area contributed by atoms with Gasteiger partial charge in [0, 0.05) is 5.92 Å². The fourth-order valence-corrected chi connectivity index (χ4v) is 1.93. The summed E-state index contributed by atoms with van der Waals surface area (Å²) < 4.78 is 14.5. The highest BCUT2D eigenvalue weighted by Gasteiger charge is 2.39. The lowest BCUT2D eigenvalue weighted by atomic mass is 9.90. The topological polar surface area (TPSA) is 52.9 Å². The number of nitrogens with zero attached hydrogens (tertiary/aromatic N) is 1. The summed E-state index contributed by atoms with van der Waals surface area (Å²) in [7, 11) is 0. The summed E-state index contributed by atoms with van der Waals surface area (Å²) in [5, 5.41) is 11.5. The van der Waals surface area contributed by atoms with Crippen LogP contribution in [0, 0.1) is 23.2 Å². The van der Waals surface area contributed by atoms with Crippen LogP contribution < -0.4 is 5.32 Å². The summed E-state index contributed by atoms with van der Waals surface area (Å²) in [6, 6.07) is 1.90. The van der Waals surface area contributed by atoms with Gasteiger partial charge in [0.05, 0.1) is 12.6 Å². The molecule has 0 aromatic rings. The van der Waals surface area contributed by atoms with Crippen molar-refractivity contribution in [2.75, 3.05) is 6.54 Å². The van der Waals surface area contributed by atoms with Crippen LogP contribution in [0.4, 0.5) is 4.39 Å². The Kier molecular flexibility index (Phi) is 3.12. The highest BCUT2D eigenvalue weighted by molar-refractivity contribution is 5.85. The van der Waals surface area contributed by atoms with Crippen molar-refractivity contribution in [1.29, 1.82) is 5.26 Å². The number of rotatable bonds is 4. The minimum atomic E-state index is -1.92. The first-order valence-electron chi connectivity index (χ1n) is 5.79. The smallest absolute Gasteiger partial charge is 0.200 e. The van der Waals surface area contributed by atoms with Gasteiger partial charge in [-0.15, -0.1) is 0 Å². The third-order valence-corrected chi connectivity index (χ3v) is 3.15. The molecule has 2 rings (SSSR count). The zero-order valence-corrected chi connectivity index (χ0v) is 9.74. The van der Waals surface area contributed by atoms with Crippen LogP contribution in [0.3, 0.4) is 0 Å². The second-order valence-corrected chi connectivity index (χ2v) is 4.72. The molecule has 90 valence electrons. The van der Waals surface area contributed by atoms with Gasteiger partial charge < -0.3 is 0 Å². The Hall–Kier alpha value is -1.47. The minimum absolute atomic E-state index is 0.00301. The van der Waals surface area contributed by atoms with Gasteiger partial charge in [-0.1, -0.05) is 17.7 Å². The van der Waals surface area contributed by atoms with Crippen LogP contribution in [0.1, 0.15) is 19.8 Å². The molecule has 1 fully saturated rings. The molecule has 0 radical (unpaired) electrons. The number of carbonyl (C=O) groups is 1. The van der Waals surface area contributed by atoms with E-state index >= 15 is 0 Å². The van der Waals surface area contributed by atoms with Gasteiger partial charge in [0.15, 0.2) is 0 Å². The maximum atomic E-state index is 14.5. The Morgan fingerprint density at radius 1 is 1.71 bits per heavy atom. The van der Waals surface area contributed by atoms with Gasteiger partial charge in [-0.2, -0.15) is 5.26 Å². The number of allylic oxidation sites excluding steroid dienone is 2. The van der Waals surface area contributed by atoms with Crippen LogP contribution in [-0.2, 0) is 4.79 Å². The number of hydrogen-bond donors (Lipinski definition) is 1. The maximum absolute atomic E-state index is 14.5. The van der Waals surface area contributed by atoms with E-state index in [4.69, 9.17) is 5.26 Å². The van der Waals surface area contributed by atoms with E-state index in [0.29, 0.717) is 0 Å². The van der Waals surface area contributed by atoms with Crippen LogP contribution in [0.5, 0.6) is 0 Å². The second kappa shape index (κ2) is 4.42. The Balaban J connectivity index is 2.02. The zero-order chi connectivity index (χ0) is 12.5. The Labute approximate surface area is 100.0 Å². The van der Waals surface area contributed by atoms with Crippen molar-refractivity contribution in [3.05, 3.63) is 23.8 Å². The summed E-state index contributed by atoms with van der Waals surface area (Å²) in [6.07, 6.45) is 6.45. The molecular formula is C13H15FN2O. The van der Waals surface area contributed by atoms with E-state index in [2.05, 4.69) is 5.32 Å². The SMILES string of the molecule is CC1=CC(F)(NCC(=O)C2CC2)C(C#N)C=C1. The highest BCUT2D eigenvalue weighted by Crippen LogP contribution is 2.31. The molecule has 0 amide bonds. The van der Waals surface area contributed by atoms with E-state index in [1.54, 1.807) is 13.0 Å². The maximum Gasteiger partial charge on any atom is 0.200 e. The fourth-order valence-electron chi connectivity index (χ4n) is 1.93. The molecular weight excluding hydrogens is 219 g/mol. The Bertz CT molecular complexity index is 431. The predicted molar refractivity (Wildman–Crippen MR) is 61.6 cm³/mol. The lowest BCUT2D eigenvalue weighted by Crippen LogP contribution is -2.48. The van der Waals surface area contributed by atoms with Crippen molar-refractivity contribution in [3.8, 4) is 6.07 Å². The van der Waals surface area contributed by atoms with Crippen molar-refractivity contribution < 1.29 is 9.18 Å². The summed E-state index contributed by atoms with van der Waals surface area (Å²) in [4.78, 5) is 11.5. The summed E-state index contributed by atoms with van der Waals surface area (Å²) in [5.41, 5.74) is 0.755. The van der Waals surface area contributed by atoms with E-state index in [-0.39, 0.29) is 18.2 Å². The van der Waals surface area contributed by atoms with Gasteiger partial charge in [-0.3, -0.25) is 10.1 Å². The molecule has 2 atom stereocenters. The van der Waals surface area contributed by atoms with E-state index in [9.17, 15) is 9.18 Å². The van der Waals surface area contributed by atoms with Gasteiger partial charge in [0.1, 0.15) is 11.7 Å². The monoisotopic (exact) mass is 234 g/mol. The molecule has 2 unspecified atom stereocenters. The number of nitrogens with one attached hydrogen (secondary N) is 1. The standard InChI is InChI=1S/C13H15FN2O/c1-9-2-5-11(7-15)13(14,6-9)16-8-12(17)10-3-4-10/h2,5-6,10-11,16H,3-4,8H2,1H3.